The SMILES string of the molecule is C=CN=C(N=C)Nc1ccc(OCCCNC(O)OC(C)(C)C)cc1. The predicted molar refractivity (Wildman–Crippen MR) is 102 cm³/mol. The number of anilines is 1. The summed E-state index contributed by atoms with van der Waals surface area (Å²) in [6.45, 7) is 13.7. The van der Waals surface area contributed by atoms with Gasteiger partial charge in [-0.2, -0.15) is 0 Å². The fourth-order valence-electron chi connectivity index (χ4n) is 1.83. The van der Waals surface area contributed by atoms with Crippen LogP contribution in [0.25, 0.3) is 0 Å². The molecule has 7 nitrogen and oxygen atoms in total. The fraction of sp³-hybridized carbons (Fsp3) is 0.444. The highest BCUT2D eigenvalue weighted by Crippen LogP contribution is 2.16. The van der Waals surface area contributed by atoms with Crippen molar-refractivity contribution in [3.05, 3.63) is 37.0 Å². The number of hydrogen-bond acceptors (Lipinski definition) is 5. The molecule has 0 amide bonds. The van der Waals surface area contributed by atoms with Crippen molar-refractivity contribution < 1.29 is 14.6 Å². The van der Waals surface area contributed by atoms with Crippen LogP contribution in [0.3, 0.4) is 0 Å². The average molecular weight is 348 g/mol. The summed E-state index contributed by atoms with van der Waals surface area (Å²) in [5, 5.41) is 15.5. The second-order valence-electron chi connectivity index (χ2n) is 6.18. The van der Waals surface area contributed by atoms with E-state index >= 15 is 0 Å². The first-order chi connectivity index (χ1) is 11.8. The van der Waals surface area contributed by atoms with E-state index in [1.165, 1.54) is 6.20 Å². The van der Waals surface area contributed by atoms with Crippen LogP contribution in [0.4, 0.5) is 5.69 Å². The molecular weight excluding hydrogens is 320 g/mol. The molecule has 0 radical (unpaired) electrons. The molecule has 0 fully saturated rings. The summed E-state index contributed by atoms with van der Waals surface area (Å²) in [7, 11) is 0. The summed E-state index contributed by atoms with van der Waals surface area (Å²) in [6, 6.07) is 7.42. The van der Waals surface area contributed by atoms with E-state index < -0.39 is 12.0 Å². The molecule has 25 heavy (non-hydrogen) atoms. The van der Waals surface area contributed by atoms with Gasteiger partial charge in [0.25, 0.3) is 0 Å². The van der Waals surface area contributed by atoms with Crippen LogP contribution in [0.5, 0.6) is 5.75 Å². The molecule has 1 aromatic rings. The lowest BCUT2D eigenvalue weighted by Crippen LogP contribution is -2.38. The highest BCUT2D eigenvalue weighted by Gasteiger charge is 2.15. The van der Waals surface area contributed by atoms with Gasteiger partial charge >= 0.3 is 0 Å². The largest absolute Gasteiger partial charge is 0.494 e. The summed E-state index contributed by atoms with van der Waals surface area (Å²) >= 11 is 0. The topological polar surface area (TPSA) is 87.5 Å². The maximum atomic E-state index is 9.65. The van der Waals surface area contributed by atoms with Gasteiger partial charge in [0, 0.05) is 18.4 Å². The lowest BCUT2D eigenvalue weighted by molar-refractivity contribution is -0.181. The van der Waals surface area contributed by atoms with Crippen LogP contribution in [0.15, 0.2) is 47.0 Å². The van der Waals surface area contributed by atoms with Crippen LogP contribution in [-0.2, 0) is 4.74 Å². The third-order valence-electron chi connectivity index (χ3n) is 2.85. The van der Waals surface area contributed by atoms with Gasteiger partial charge in [0.15, 0.2) is 0 Å². The van der Waals surface area contributed by atoms with Crippen LogP contribution in [0.1, 0.15) is 27.2 Å². The van der Waals surface area contributed by atoms with Gasteiger partial charge in [0.2, 0.25) is 12.4 Å². The van der Waals surface area contributed by atoms with E-state index in [1.54, 1.807) is 0 Å². The van der Waals surface area contributed by atoms with Crippen LogP contribution in [-0.4, -0.2) is 43.0 Å². The van der Waals surface area contributed by atoms with E-state index in [0.717, 1.165) is 17.9 Å². The van der Waals surface area contributed by atoms with Crippen LogP contribution in [0.2, 0.25) is 0 Å². The lowest BCUT2D eigenvalue weighted by Gasteiger charge is -2.24. The molecule has 138 valence electrons. The van der Waals surface area contributed by atoms with E-state index in [-0.39, 0.29) is 0 Å². The van der Waals surface area contributed by atoms with Crippen molar-refractivity contribution in [2.75, 3.05) is 18.5 Å². The third kappa shape index (κ3) is 9.61. The highest BCUT2D eigenvalue weighted by molar-refractivity contribution is 5.96. The molecule has 7 heteroatoms. The van der Waals surface area contributed by atoms with Gasteiger partial charge < -0.3 is 19.9 Å². The van der Waals surface area contributed by atoms with Gasteiger partial charge in [-0.15, -0.1) is 0 Å². The van der Waals surface area contributed by atoms with Crippen molar-refractivity contribution >= 4 is 18.4 Å². The molecule has 0 aliphatic heterocycles. The second kappa shape index (κ2) is 10.6. The molecule has 1 rings (SSSR count). The number of aliphatic imine (C=N–C) groups is 2. The number of aliphatic hydroxyl groups is 1. The minimum Gasteiger partial charge on any atom is -0.494 e. The molecule has 3 N–H and O–H groups in total. The van der Waals surface area contributed by atoms with Crippen molar-refractivity contribution in [1.82, 2.24) is 5.32 Å². The maximum Gasteiger partial charge on any atom is 0.226 e. The Morgan fingerprint density at radius 3 is 2.56 bits per heavy atom. The predicted octanol–water partition coefficient (Wildman–Crippen LogP) is 2.75. The molecule has 0 aliphatic rings. The van der Waals surface area contributed by atoms with Crippen molar-refractivity contribution in [2.24, 2.45) is 9.98 Å². The number of aliphatic hydroxyl groups excluding tert-OH is 1. The smallest absolute Gasteiger partial charge is 0.226 e. The summed E-state index contributed by atoms with van der Waals surface area (Å²) in [5.74, 6) is 1.14. The maximum absolute atomic E-state index is 9.65. The fourth-order valence-corrected chi connectivity index (χ4v) is 1.83. The van der Waals surface area contributed by atoms with Crippen LogP contribution < -0.4 is 15.4 Å². The molecule has 0 bridgehead atoms. The third-order valence-corrected chi connectivity index (χ3v) is 2.85. The molecule has 0 heterocycles. The van der Waals surface area contributed by atoms with Crippen LogP contribution in [0, 0.1) is 0 Å². The van der Waals surface area contributed by atoms with E-state index in [1.807, 2.05) is 45.0 Å². The van der Waals surface area contributed by atoms with E-state index in [2.05, 4.69) is 33.9 Å². The first-order valence-corrected chi connectivity index (χ1v) is 8.08. The minimum atomic E-state index is -0.977. The van der Waals surface area contributed by atoms with Gasteiger partial charge in [0.1, 0.15) is 5.75 Å². The van der Waals surface area contributed by atoms with Crippen LogP contribution >= 0.6 is 0 Å². The van der Waals surface area contributed by atoms with Gasteiger partial charge in [-0.3, -0.25) is 5.32 Å². The monoisotopic (exact) mass is 348 g/mol. The average Bonchev–Trinajstić information content (AvgIpc) is 2.54. The first kappa shape index (κ1) is 20.8. The minimum absolute atomic E-state index is 0.380. The van der Waals surface area contributed by atoms with Gasteiger partial charge in [0.05, 0.1) is 12.2 Å². The molecule has 0 saturated carbocycles. The van der Waals surface area contributed by atoms with Crippen molar-refractivity contribution in [3.8, 4) is 5.75 Å². The Kier molecular flexibility index (Phi) is 8.83. The first-order valence-electron chi connectivity index (χ1n) is 8.08. The molecule has 1 atom stereocenters. The van der Waals surface area contributed by atoms with Gasteiger partial charge in [-0.05, 0) is 58.2 Å². The normalized spacial score (nSPS) is 13.2. The zero-order valence-corrected chi connectivity index (χ0v) is 15.2. The van der Waals surface area contributed by atoms with E-state index in [0.29, 0.717) is 19.1 Å². The molecule has 0 saturated heterocycles. The summed E-state index contributed by atoms with van der Waals surface area (Å²) in [5.41, 5.74) is 0.431. The molecule has 1 aromatic carbocycles. The Morgan fingerprint density at radius 1 is 1.32 bits per heavy atom. The Hall–Kier alpha value is -2.22. The summed E-state index contributed by atoms with van der Waals surface area (Å²) < 4.78 is 11.0. The Morgan fingerprint density at radius 2 is 2.00 bits per heavy atom. The number of benzene rings is 1. The second-order valence-corrected chi connectivity index (χ2v) is 6.18. The molecule has 1 unspecified atom stereocenters. The number of hydrogen-bond donors (Lipinski definition) is 3. The van der Waals surface area contributed by atoms with Crippen molar-refractivity contribution in [3.63, 3.8) is 0 Å². The summed E-state index contributed by atoms with van der Waals surface area (Å²) in [6.07, 6.45) is 1.16. The molecule has 0 spiro atoms. The van der Waals surface area contributed by atoms with Gasteiger partial charge in [-0.25, -0.2) is 9.98 Å². The van der Waals surface area contributed by atoms with Crippen molar-refractivity contribution in [1.29, 1.82) is 0 Å². The van der Waals surface area contributed by atoms with E-state index in [4.69, 9.17) is 9.47 Å². The highest BCUT2D eigenvalue weighted by atomic mass is 16.6. The Bertz CT molecular complexity index is 565. The van der Waals surface area contributed by atoms with Crippen molar-refractivity contribution in [2.45, 2.75) is 39.2 Å². The standard InChI is InChI=1S/C18H28N4O3/c1-6-20-16(19-5)22-14-8-10-15(11-9-14)24-13-7-12-21-17(23)25-18(2,3)4/h6,8-11,17,21,23H,1,5,7,12-13H2,2-4H3,(H,20,22). The molecule has 0 aromatic heterocycles. The zero-order valence-electron chi connectivity index (χ0n) is 15.2. The Labute approximate surface area is 149 Å². The number of rotatable bonds is 9. The van der Waals surface area contributed by atoms with E-state index in [9.17, 15) is 5.11 Å². The molecular formula is C18H28N4O3. The quantitative estimate of drug-likeness (QED) is 0.276. The Balaban J connectivity index is 2.29. The zero-order chi connectivity index (χ0) is 18.7. The molecule has 0 aliphatic carbocycles. The lowest BCUT2D eigenvalue weighted by atomic mass is 10.2. The number of nitrogens with zero attached hydrogens (tertiary/aromatic N) is 2. The number of ether oxygens (including phenoxy) is 2. The number of nitrogens with one attached hydrogen (secondary N) is 2. The van der Waals surface area contributed by atoms with Gasteiger partial charge in [-0.1, -0.05) is 6.58 Å². The summed E-state index contributed by atoms with van der Waals surface area (Å²) in [4.78, 5) is 7.69. The number of guanidine groups is 1.